The first-order chi connectivity index (χ1) is 15.0. The molecule has 4 aromatic rings. The lowest BCUT2D eigenvalue weighted by atomic mass is 10.3. The molecule has 6 nitrogen and oxygen atoms in total. The number of aromatic nitrogens is 2. The zero-order valence-corrected chi connectivity index (χ0v) is 18.5. The van der Waals surface area contributed by atoms with Crippen molar-refractivity contribution in [1.82, 2.24) is 9.55 Å². The smallest absolute Gasteiger partial charge is 0.276 e. The molecule has 0 atom stereocenters. The lowest BCUT2D eigenvalue weighted by Gasteiger charge is -2.14. The molecule has 2 aromatic heterocycles. The molecule has 1 amide bonds. The largest absolute Gasteiger partial charge is 0.495 e. The predicted molar refractivity (Wildman–Crippen MR) is 123 cm³/mol. The van der Waals surface area contributed by atoms with E-state index in [4.69, 9.17) is 16.3 Å². The van der Waals surface area contributed by atoms with E-state index in [1.807, 2.05) is 0 Å². The maximum atomic E-state index is 13.3. The van der Waals surface area contributed by atoms with E-state index in [0.29, 0.717) is 32.5 Å². The van der Waals surface area contributed by atoms with Crippen LogP contribution in [0.5, 0.6) is 5.75 Å². The normalized spacial score (nSPS) is 10.9. The summed E-state index contributed by atoms with van der Waals surface area (Å²) in [5.74, 6) is -0.428. The van der Waals surface area contributed by atoms with E-state index in [1.165, 1.54) is 41.2 Å². The quantitative estimate of drug-likeness (QED) is 0.314. The van der Waals surface area contributed by atoms with Crippen molar-refractivity contribution < 1.29 is 13.9 Å². The van der Waals surface area contributed by atoms with Crippen LogP contribution in [0.15, 0.2) is 63.9 Å². The Labute approximate surface area is 189 Å². The fourth-order valence-corrected chi connectivity index (χ4v) is 4.66. The fourth-order valence-electron chi connectivity index (χ4n) is 2.92. The van der Waals surface area contributed by atoms with Gasteiger partial charge >= 0.3 is 0 Å². The van der Waals surface area contributed by atoms with Gasteiger partial charge < -0.3 is 10.1 Å². The summed E-state index contributed by atoms with van der Waals surface area (Å²) in [5, 5.41) is 4.73. The van der Waals surface area contributed by atoms with Crippen LogP contribution >= 0.6 is 34.7 Å². The molecule has 0 bridgehead atoms. The number of hydrogen-bond acceptors (Lipinski definition) is 6. The van der Waals surface area contributed by atoms with Crippen LogP contribution in [0.4, 0.5) is 10.1 Å². The molecule has 0 saturated heterocycles. The number of para-hydroxylation sites is 2. The molecule has 4 rings (SSSR count). The van der Waals surface area contributed by atoms with Crippen LogP contribution in [0.3, 0.4) is 0 Å². The molecule has 2 heterocycles. The topological polar surface area (TPSA) is 73.2 Å². The van der Waals surface area contributed by atoms with Crippen LogP contribution < -0.4 is 15.6 Å². The number of benzene rings is 2. The molecule has 158 valence electrons. The van der Waals surface area contributed by atoms with Gasteiger partial charge in [0, 0.05) is 5.69 Å². The maximum absolute atomic E-state index is 13.3. The SMILES string of the molecule is COc1ccccc1-n1c(SCC(=O)Nc2ccc(F)c(Cl)c2)nc2ccsc2c1=O. The number of carbonyl (C=O) groups excluding carboxylic acids is 1. The van der Waals surface area contributed by atoms with Gasteiger partial charge in [-0.15, -0.1) is 11.3 Å². The van der Waals surface area contributed by atoms with Gasteiger partial charge in [-0.25, -0.2) is 9.37 Å². The number of carbonyl (C=O) groups is 1. The van der Waals surface area contributed by atoms with Crippen LogP contribution in [0.2, 0.25) is 5.02 Å². The van der Waals surface area contributed by atoms with Crippen LogP contribution in [-0.4, -0.2) is 28.3 Å². The second-order valence-electron chi connectivity index (χ2n) is 6.31. The molecule has 31 heavy (non-hydrogen) atoms. The third-order valence-electron chi connectivity index (χ3n) is 4.31. The number of thioether (sulfide) groups is 1. The summed E-state index contributed by atoms with van der Waals surface area (Å²) in [7, 11) is 1.52. The zero-order chi connectivity index (χ0) is 22.0. The van der Waals surface area contributed by atoms with Crippen molar-refractivity contribution in [2.45, 2.75) is 5.16 Å². The number of rotatable bonds is 6. The summed E-state index contributed by atoms with van der Waals surface area (Å²) >= 11 is 8.17. The lowest BCUT2D eigenvalue weighted by Crippen LogP contribution is -2.22. The predicted octanol–water partition coefficient (Wildman–Crippen LogP) is 4.98. The fraction of sp³-hybridized carbons (Fsp3) is 0.0952. The molecule has 0 aliphatic carbocycles. The molecule has 0 unspecified atom stereocenters. The van der Waals surface area contributed by atoms with Crippen molar-refractivity contribution >= 4 is 56.5 Å². The van der Waals surface area contributed by atoms with Crippen molar-refractivity contribution in [3.05, 3.63) is 75.1 Å². The Bertz CT molecular complexity index is 1340. The van der Waals surface area contributed by atoms with E-state index < -0.39 is 5.82 Å². The van der Waals surface area contributed by atoms with Gasteiger partial charge in [0.1, 0.15) is 16.3 Å². The van der Waals surface area contributed by atoms with Gasteiger partial charge in [-0.3, -0.25) is 14.2 Å². The zero-order valence-electron chi connectivity index (χ0n) is 16.1. The monoisotopic (exact) mass is 475 g/mol. The summed E-state index contributed by atoms with van der Waals surface area (Å²) in [6.07, 6.45) is 0. The van der Waals surface area contributed by atoms with Crippen molar-refractivity contribution in [2.75, 3.05) is 18.2 Å². The summed E-state index contributed by atoms with van der Waals surface area (Å²) in [5.41, 5.74) is 1.23. The average Bonchev–Trinajstić information content (AvgIpc) is 3.24. The second kappa shape index (κ2) is 9.09. The molecular formula is C21H15ClFN3O3S2. The third-order valence-corrected chi connectivity index (χ3v) is 6.43. The van der Waals surface area contributed by atoms with Crippen molar-refractivity contribution in [3.8, 4) is 11.4 Å². The van der Waals surface area contributed by atoms with Crippen LogP contribution in [0.1, 0.15) is 0 Å². The Morgan fingerprint density at radius 1 is 1.29 bits per heavy atom. The highest BCUT2D eigenvalue weighted by Gasteiger charge is 2.18. The number of methoxy groups -OCH3 is 1. The Hall–Kier alpha value is -2.88. The van der Waals surface area contributed by atoms with Gasteiger partial charge in [0.25, 0.3) is 5.56 Å². The van der Waals surface area contributed by atoms with Gasteiger partial charge in [0.15, 0.2) is 5.16 Å². The highest BCUT2D eigenvalue weighted by atomic mass is 35.5. The number of amides is 1. The molecule has 10 heteroatoms. The molecule has 1 N–H and O–H groups in total. The van der Waals surface area contributed by atoms with Gasteiger partial charge in [0.2, 0.25) is 5.91 Å². The van der Waals surface area contributed by atoms with E-state index >= 15 is 0 Å². The Balaban J connectivity index is 1.66. The van der Waals surface area contributed by atoms with E-state index in [-0.39, 0.29) is 22.2 Å². The second-order valence-corrected chi connectivity index (χ2v) is 8.57. The van der Waals surface area contributed by atoms with E-state index in [2.05, 4.69) is 10.3 Å². The molecular weight excluding hydrogens is 461 g/mol. The average molecular weight is 476 g/mol. The minimum Gasteiger partial charge on any atom is -0.495 e. The first-order valence-corrected chi connectivity index (χ1v) is 11.2. The number of nitrogens with one attached hydrogen (secondary N) is 1. The Morgan fingerprint density at radius 3 is 2.87 bits per heavy atom. The molecule has 0 fully saturated rings. The third kappa shape index (κ3) is 4.43. The van der Waals surface area contributed by atoms with Crippen molar-refractivity contribution in [3.63, 3.8) is 0 Å². The first kappa shape index (κ1) is 21.4. The number of hydrogen-bond donors (Lipinski definition) is 1. The minimum absolute atomic E-state index is 0.0216. The maximum Gasteiger partial charge on any atom is 0.276 e. The number of anilines is 1. The summed E-state index contributed by atoms with van der Waals surface area (Å²) in [6, 6.07) is 12.8. The highest BCUT2D eigenvalue weighted by Crippen LogP contribution is 2.28. The number of thiophene rings is 1. The lowest BCUT2D eigenvalue weighted by molar-refractivity contribution is -0.113. The summed E-state index contributed by atoms with van der Waals surface area (Å²) in [6.45, 7) is 0. The van der Waals surface area contributed by atoms with Crippen LogP contribution in [0, 0.1) is 5.82 Å². The number of ether oxygens (including phenoxy) is 1. The molecule has 0 aliphatic heterocycles. The molecule has 2 aromatic carbocycles. The Kier molecular flexibility index (Phi) is 6.26. The molecule has 0 saturated carbocycles. The number of nitrogens with zero attached hydrogens (tertiary/aromatic N) is 2. The number of fused-ring (bicyclic) bond motifs is 1. The van der Waals surface area contributed by atoms with Gasteiger partial charge in [0.05, 0.1) is 29.1 Å². The molecule has 0 spiro atoms. The first-order valence-electron chi connectivity index (χ1n) is 8.99. The Morgan fingerprint density at radius 2 is 2.10 bits per heavy atom. The van der Waals surface area contributed by atoms with Crippen molar-refractivity contribution in [2.24, 2.45) is 0 Å². The highest BCUT2D eigenvalue weighted by molar-refractivity contribution is 7.99. The standard InChI is InChI=1S/C21H15ClFN3O3S2/c1-29-17-5-3-2-4-16(17)26-20(28)19-15(8-9-30-19)25-21(26)31-11-18(27)24-12-6-7-14(23)13(22)10-12/h2-10H,11H2,1H3,(H,24,27). The van der Waals surface area contributed by atoms with E-state index in [1.54, 1.807) is 35.7 Å². The van der Waals surface area contributed by atoms with Gasteiger partial charge in [-0.05, 0) is 41.8 Å². The van der Waals surface area contributed by atoms with Crippen LogP contribution in [0.25, 0.3) is 15.9 Å². The van der Waals surface area contributed by atoms with Crippen LogP contribution in [-0.2, 0) is 4.79 Å². The van der Waals surface area contributed by atoms with E-state index in [0.717, 1.165) is 11.8 Å². The molecule has 0 aliphatic rings. The van der Waals surface area contributed by atoms with Gasteiger partial charge in [-0.1, -0.05) is 35.5 Å². The van der Waals surface area contributed by atoms with E-state index in [9.17, 15) is 14.0 Å². The number of halogens is 2. The van der Waals surface area contributed by atoms with Gasteiger partial charge in [-0.2, -0.15) is 0 Å². The summed E-state index contributed by atoms with van der Waals surface area (Å²) < 4.78 is 20.7. The molecule has 0 radical (unpaired) electrons. The van der Waals surface area contributed by atoms with Crippen molar-refractivity contribution in [1.29, 1.82) is 0 Å². The minimum atomic E-state index is -0.567. The summed E-state index contributed by atoms with van der Waals surface area (Å²) in [4.78, 5) is 30.2.